The van der Waals surface area contributed by atoms with Crippen LogP contribution >= 0.6 is 0 Å². The zero-order valence-electron chi connectivity index (χ0n) is 13.5. The average molecular weight is 310 g/mol. The molecule has 0 aliphatic heterocycles. The van der Waals surface area contributed by atoms with Gasteiger partial charge in [0.15, 0.2) is 0 Å². The third kappa shape index (κ3) is 4.19. The van der Waals surface area contributed by atoms with Crippen LogP contribution in [0.2, 0.25) is 0 Å². The van der Waals surface area contributed by atoms with Crippen LogP contribution in [0.5, 0.6) is 0 Å². The Labute approximate surface area is 137 Å². The van der Waals surface area contributed by atoms with Crippen molar-refractivity contribution in [2.24, 2.45) is 5.41 Å². The smallest absolute Gasteiger partial charge is 0.240 e. The topological polar surface area (TPSA) is 58.2 Å². The summed E-state index contributed by atoms with van der Waals surface area (Å²) in [6, 6.07) is 9.19. The molecule has 1 aliphatic carbocycles. The lowest BCUT2D eigenvalue weighted by molar-refractivity contribution is -0.133. The number of hydrogen-bond acceptors (Lipinski definition) is 2. The molecule has 0 spiro atoms. The Kier molecular flexibility index (Phi) is 5.52. The molecule has 23 heavy (non-hydrogen) atoms. The Morgan fingerprint density at radius 1 is 1.04 bits per heavy atom. The summed E-state index contributed by atoms with van der Waals surface area (Å²) in [6.07, 6.45) is 10.3. The molecule has 0 radical (unpaired) electrons. The first-order valence-electron chi connectivity index (χ1n) is 7.76. The van der Waals surface area contributed by atoms with Crippen LogP contribution < -0.4 is 10.6 Å². The molecule has 0 aromatic heterocycles. The largest absolute Gasteiger partial charge is 0.325 e. The molecule has 0 saturated heterocycles. The van der Waals surface area contributed by atoms with Crippen molar-refractivity contribution in [1.82, 2.24) is 5.32 Å². The van der Waals surface area contributed by atoms with E-state index in [0.717, 1.165) is 0 Å². The normalized spacial score (nSPS) is 16.5. The van der Waals surface area contributed by atoms with Gasteiger partial charge < -0.3 is 10.6 Å². The molecule has 0 heterocycles. The van der Waals surface area contributed by atoms with Crippen molar-refractivity contribution < 1.29 is 9.59 Å². The molecule has 1 fully saturated rings. The molecule has 1 aromatic carbocycles. The SMILES string of the molecule is CC=CC=C(C=CC)NC(=O)C1(C(=O)Nc2ccccc2)CC1. The number of carbonyl (C=O) groups is 2. The molecule has 1 saturated carbocycles. The Bertz CT molecular complexity index is 653. The lowest BCUT2D eigenvalue weighted by Gasteiger charge is -2.16. The number of rotatable bonds is 6. The van der Waals surface area contributed by atoms with Gasteiger partial charge in [0.05, 0.1) is 0 Å². The fourth-order valence-electron chi connectivity index (χ4n) is 2.22. The number of benzene rings is 1. The molecule has 2 amide bonds. The number of hydrogen-bond donors (Lipinski definition) is 2. The molecular formula is C19H22N2O2. The van der Waals surface area contributed by atoms with Gasteiger partial charge in [0, 0.05) is 11.4 Å². The highest BCUT2D eigenvalue weighted by Crippen LogP contribution is 2.47. The summed E-state index contributed by atoms with van der Waals surface area (Å²) in [7, 11) is 0. The highest BCUT2D eigenvalue weighted by atomic mass is 16.2. The van der Waals surface area contributed by atoms with Crippen LogP contribution in [0.25, 0.3) is 0 Å². The molecular weight excluding hydrogens is 288 g/mol. The lowest BCUT2D eigenvalue weighted by Crippen LogP contribution is -2.39. The van der Waals surface area contributed by atoms with Crippen LogP contribution in [-0.4, -0.2) is 11.8 Å². The van der Waals surface area contributed by atoms with E-state index in [-0.39, 0.29) is 11.8 Å². The van der Waals surface area contributed by atoms with Crippen molar-refractivity contribution in [3.8, 4) is 0 Å². The number of allylic oxidation sites excluding steroid dienone is 5. The second kappa shape index (κ2) is 7.58. The maximum Gasteiger partial charge on any atom is 0.240 e. The Hall–Kier alpha value is -2.62. The van der Waals surface area contributed by atoms with E-state index in [0.29, 0.717) is 24.2 Å². The number of nitrogens with one attached hydrogen (secondary N) is 2. The predicted octanol–water partition coefficient (Wildman–Crippen LogP) is 3.56. The van der Waals surface area contributed by atoms with E-state index in [4.69, 9.17) is 0 Å². The second-order valence-corrected chi connectivity index (χ2v) is 5.50. The van der Waals surface area contributed by atoms with E-state index >= 15 is 0 Å². The highest BCUT2D eigenvalue weighted by Gasteiger charge is 2.56. The van der Waals surface area contributed by atoms with Gasteiger partial charge in [0.25, 0.3) is 0 Å². The van der Waals surface area contributed by atoms with Crippen LogP contribution in [0.15, 0.2) is 66.4 Å². The van der Waals surface area contributed by atoms with Gasteiger partial charge in [0.1, 0.15) is 5.41 Å². The maximum atomic E-state index is 12.5. The standard InChI is InChI=1S/C19H22N2O2/c1-3-5-10-15(9-4-2)20-17(22)19(13-14-19)18(23)21-16-11-7-6-8-12-16/h3-12H,13-14H2,1-2H3,(H,20,22)(H,21,23). The number of amides is 2. The minimum absolute atomic E-state index is 0.243. The van der Waals surface area contributed by atoms with Gasteiger partial charge in [-0.05, 0) is 51.0 Å². The summed E-state index contributed by atoms with van der Waals surface area (Å²) in [4.78, 5) is 25.0. The zero-order chi connectivity index (χ0) is 16.7. The van der Waals surface area contributed by atoms with Crippen LogP contribution in [0.4, 0.5) is 5.69 Å². The third-order valence-electron chi connectivity index (χ3n) is 3.72. The van der Waals surface area contributed by atoms with Crippen molar-refractivity contribution in [2.45, 2.75) is 26.7 Å². The molecule has 0 unspecified atom stereocenters. The predicted molar refractivity (Wildman–Crippen MR) is 92.6 cm³/mol. The van der Waals surface area contributed by atoms with Gasteiger partial charge in [-0.3, -0.25) is 9.59 Å². The first-order valence-corrected chi connectivity index (χ1v) is 7.76. The van der Waals surface area contributed by atoms with Crippen molar-refractivity contribution in [3.63, 3.8) is 0 Å². The lowest BCUT2D eigenvalue weighted by atomic mass is 10.0. The minimum Gasteiger partial charge on any atom is -0.325 e. The molecule has 120 valence electrons. The summed E-state index contributed by atoms with van der Waals surface area (Å²) in [5.41, 5.74) is 0.427. The highest BCUT2D eigenvalue weighted by molar-refractivity contribution is 6.13. The molecule has 0 atom stereocenters. The molecule has 2 N–H and O–H groups in total. The van der Waals surface area contributed by atoms with E-state index in [9.17, 15) is 9.59 Å². The number of anilines is 1. The third-order valence-corrected chi connectivity index (χ3v) is 3.72. The summed E-state index contributed by atoms with van der Waals surface area (Å²) < 4.78 is 0. The van der Waals surface area contributed by atoms with E-state index in [1.807, 2.05) is 74.6 Å². The van der Waals surface area contributed by atoms with E-state index < -0.39 is 5.41 Å². The van der Waals surface area contributed by atoms with Crippen molar-refractivity contribution in [3.05, 3.63) is 66.4 Å². The molecule has 4 nitrogen and oxygen atoms in total. The zero-order valence-corrected chi connectivity index (χ0v) is 13.5. The van der Waals surface area contributed by atoms with Gasteiger partial charge in [0.2, 0.25) is 11.8 Å². The number of carbonyl (C=O) groups excluding carboxylic acids is 2. The Morgan fingerprint density at radius 2 is 1.74 bits per heavy atom. The van der Waals surface area contributed by atoms with Crippen LogP contribution in [-0.2, 0) is 9.59 Å². The van der Waals surface area contributed by atoms with Crippen LogP contribution in [0.1, 0.15) is 26.7 Å². The summed E-state index contributed by atoms with van der Waals surface area (Å²) in [5.74, 6) is -0.494. The Morgan fingerprint density at radius 3 is 2.30 bits per heavy atom. The summed E-state index contributed by atoms with van der Waals surface area (Å²) in [5, 5.41) is 5.67. The van der Waals surface area contributed by atoms with Crippen molar-refractivity contribution in [1.29, 1.82) is 0 Å². The number of para-hydroxylation sites is 1. The van der Waals surface area contributed by atoms with Gasteiger partial charge in [-0.2, -0.15) is 0 Å². The molecule has 1 aliphatic rings. The van der Waals surface area contributed by atoms with Gasteiger partial charge in [-0.25, -0.2) is 0 Å². The summed E-state index contributed by atoms with van der Waals surface area (Å²) >= 11 is 0. The fourth-order valence-corrected chi connectivity index (χ4v) is 2.22. The second-order valence-electron chi connectivity index (χ2n) is 5.50. The fraction of sp³-hybridized carbons (Fsp3) is 0.263. The van der Waals surface area contributed by atoms with Gasteiger partial charge in [-0.15, -0.1) is 0 Å². The summed E-state index contributed by atoms with van der Waals surface area (Å²) in [6.45, 7) is 3.78. The van der Waals surface area contributed by atoms with E-state index in [1.165, 1.54) is 0 Å². The van der Waals surface area contributed by atoms with Gasteiger partial charge >= 0.3 is 0 Å². The molecule has 2 rings (SSSR count). The first kappa shape index (κ1) is 16.7. The van der Waals surface area contributed by atoms with E-state index in [1.54, 1.807) is 0 Å². The average Bonchev–Trinajstić information content (AvgIpc) is 3.35. The maximum absolute atomic E-state index is 12.5. The van der Waals surface area contributed by atoms with Crippen LogP contribution in [0, 0.1) is 5.41 Å². The first-order chi connectivity index (χ1) is 11.1. The molecule has 0 bridgehead atoms. The minimum atomic E-state index is -0.952. The monoisotopic (exact) mass is 310 g/mol. The van der Waals surface area contributed by atoms with Crippen LogP contribution in [0.3, 0.4) is 0 Å². The molecule has 4 heteroatoms. The molecule has 1 aromatic rings. The Balaban J connectivity index is 2.07. The van der Waals surface area contributed by atoms with Gasteiger partial charge in [-0.1, -0.05) is 36.4 Å². The quantitative estimate of drug-likeness (QED) is 0.623. The van der Waals surface area contributed by atoms with E-state index in [2.05, 4.69) is 10.6 Å². The van der Waals surface area contributed by atoms with Crippen molar-refractivity contribution >= 4 is 17.5 Å². The van der Waals surface area contributed by atoms with Crippen molar-refractivity contribution in [2.75, 3.05) is 5.32 Å².